The molecule has 1 aliphatic heterocycles. The first-order valence-corrected chi connectivity index (χ1v) is 5.46. The number of amides is 1. The molecule has 1 N–H and O–H groups in total. The summed E-state index contributed by atoms with van der Waals surface area (Å²) in [4.78, 5) is 23.3. The van der Waals surface area contributed by atoms with E-state index < -0.39 is 18.2 Å². The van der Waals surface area contributed by atoms with Crippen LogP contribution in [0.15, 0.2) is 24.3 Å². The van der Waals surface area contributed by atoms with E-state index in [-0.39, 0.29) is 25.3 Å². The lowest BCUT2D eigenvalue weighted by molar-refractivity contribution is -0.138. The summed E-state index contributed by atoms with van der Waals surface area (Å²) >= 11 is 0. The van der Waals surface area contributed by atoms with E-state index in [0.29, 0.717) is 5.56 Å². The molecule has 0 radical (unpaired) electrons. The Labute approximate surface area is 103 Å². The van der Waals surface area contributed by atoms with Crippen LogP contribution in [-0.2, 0) is 16.1 Å². The van der Waals surface area contributed by atoms with Gasteiger partial charge in [0.2, 0.25) is 0 Å². The van der Waals surface area contributed by atoms with E-state index in [2.05, 4.69) is 0 Å². The van der Waals surface area contributed by atoms with Crippen molar-refractivity contribution < 1.29 is 23.8 Å². The van der Waals surface area contributed by atoms with Crippen LogP contribution < -0.4 is 0 Å². The summed E-state index contributed by atoms with van der Waals surface area (Å²) in [7, 11) is 0. The quantitative estimate of drug-likeness (QED) is 0.885. The topological polar surface area (TPSA) is 66.8 Å². The zero-order valence-electron chi connectivity index (χ0n) is 9.51. The molecule has 0 bridgehead atoms. The molecule has 0 aromatic heterocycles. The highest BCUT2D eigenvalue weighted by Crippen LogP contribution is 2.17. The van der Waals surface area contributed by atoms with Crippen LogP contribution in [0.1, 0.15) is 12.0 Å². The second kappa shape index (κ2) is 5.03. The lowest BCUT2D eigenvalue weighted by Gasteiger charge is -2.12. The molecular formula is C12H12FNO4. The molecule has 0 saturated carbocycles. The maximum atomic E-state index is 13.0. The first-order chi connectivity index (χ1) is 8.54. The van der Waals surface area contributed by atoms with Crippen molar-refractivity contribution in [3.8, 4) is 0 Å². The first kappa shape index (κ1) is 12.3. The van der Waals surface area contributed by atoms with Crippen LogP contribution in [0.25, 0.3) is 0 Å². The van der Waals surface area contributed by atoms with Crippen molar-refractivity contribution in [2.45, 2.75) is 19.1 Å². The van der Waals surface area contributed by atoms with Crippen LogP contribution >= 0.6 is 0 Å². The third-order valence-corrected chi connectivity index (χ3v) is 2.61. The normalized spacial score (nSPS) is 18.8. The summed E-state index contributed by atoms with van der Waals surface area (Å²) in [5.41, 5.74) is 0.642. The second-order valence-electron chi connectivity index (χ2n) is 4.11. The molecule has 6 heteroatoms. The fraction of sp³-hybridized carbons (Fsp3) is 0.333. The highest BCUT2D eigenvalue weighted by Gasteiger charge is 2.32. The smallest absolute Gasteiger partial charge is 0.410 e. The molecule has 1 unspecified atom stereocenters. The Morgan fingerprint density at radius 3 is 3.00 bits per heavy atom. The van der Waals surface area contributed by atoms with Crippen LogP contribution in [0.3, 0.4) is 0 Å². The molecule has 1 aliphatic rings. The molecule has 1 aromatic rings. The zero-order chi connectivity index (χ0) is 13.1. The maximum Gasteiger partial charge on any atom is 0.410 e. The molecule has 18 heavy (non-hydrogen) atoms. The SMILES string of the molecule is O=C(O)CC1CN(Cc2cccc(F)c2)C(=O)O1. The minimum atomic E-state index is -1.01. The largest absolute Gasteiger partial charge is 0.481 e. The number of hydrogen-bond donors (Lipinski definition) is 1. The Kier molecular flexibility index (Phi) is 3.45. The summed E-state index contributed by atoms with van der Waals surface area (Å²) in [6, 6.07) is 5.90. The van der Waals surface area contributed by atoms with Crippen LogP contribution in [-0.4, -0.2) is 34.7 Å². The van der Waals surface area contributed by atoms with Crippen LogP contribution in [0.4, 0.5) is 9.18 Å². The number of hydrogen-bond acceptors (Lipinski definition) is 3. The number of ether oxygens (including phenoxy) is 1. The van der Waals surface area contributed by atoms with Gasteiger partial charge in [-0.05, 0) is 17.7 Å². The van der Waals surface area contributed by atoms with Gasteiger partial charge in [0.05, 0.1) is 13.0 Å². The van der Waals surface area contributed by atoms with E-state index >= 15 is 0 Å². The average molecular weight is 253 g/mol. The number of carbonyl (C=O) groups is 2. The molecule has 2 rings (SSSR count). The predicted octanol–water partition coefficient (Wildman–Crippen LogP) is 1.62. The summed E-state index contributed by atoms with van der Waals surface area (Å²) < 4.78 is 17.9. The minimum absolute atomic E-state index is 0.210. The van der Waals surface area contributed by atoms with Crippen molar-refractivity contribution in [3.63, 3.8) is 0 Å². The van der Waals surface area contributed by atoms with Gasteiger partial charge in [0.25, 0.3) is 0 Å². The van der Waals surface area contributed by atoms with E-state index in [1.54, 1.807) is 12.1 Å². The fourth-order valence-electron chi connectivity index (χ4n) is 1.86. The number of cyclic esters (lactones) is 1. The molecule has 1 amide bonds. The Hall–Kier alpha value is -2.11. The summed E-state index contributed by atoms with van der Waals surface area (Å²) in [6.45, 7) is 0.425. The number of carboxylic acids is 1. The number of aliphatic carboxylic acids is 1. The van der Waals surface area contributed by atoms with Gasteiger partial charge in [0.15, 0.2) is 0 Å². The third kappa shape index (κ3) is 2.97. The van der Waals surface area contributed by atoms with Gasteiger partial charge in [-0.15, -0.1) is 0 Å². The number of carboxylic acid groups (broad SMARTS) is 1. The Bertz CT molecular complexity index is 477. The molecule has 1 fully saturated rings. The maximum absolute atomic E-state index is 13.0. The first-order valence-electron chi connectivity index (χ1n) is 5.46. The van der Waals surface area contributed by atoms with Gasteiger partial charge in [-0.3, -0.25) is 4.79 Å². The monoisotopic (exact) mass is 253 g/mol. The van der Waals surface area contributed by atoms with Gasteiger partial charge >= 0.3 is 12.1 Å². The standard InChI is InChI=1S/C12H12FNO4/c13-9-3-1-2-8(4-9)6-14-7-10(5-11(15)16)18-12(14)17/h1-4,10H,5-7H2,(H,15,16). The number of carbonyl (C=O) groups excluding carboxylic acids is 1. The Morgan fingerprint density at radius 2 is 2.33 bits per heavy atom. The van der Waals surface area contributed by atoms with Crippen LogP contribution in [0.5, 0.6) is 0 Å². The molecular weight excluding hydrogens is 241 g/mol. The number of halogens is 1. The predicted molar refractivity (Wildman–Crippen MR) is 59.3 cm³/mol. The van der Waals surface area contributed by atoms with E-state index in [0.717, 1.165) is 0 Å². The fourth-order valence-corrected chi connectivity index (χ4v) is 1.86. The number of benzene rings is 1. The summed E-state index contributed by atoms with van der Waals surface area (Å²) in [5, 5.41) is 8.61. The van der Waals surface area contributed by atoms with E-state index in [4.69, 9.17) is 9.84 Å². The van der Waals surface area contributed by atoms with Crippen molar-refractivity contribution in [1.29, 1.82) is 0 Å². The molecule has 0 aliphatic carbocycles. The molecule has 1 atom stereocenters. The summed E-state index contributed by atoms with van der Waals surface area (Å²) in [6.07, 6.45) is -1.42. The molecule has 1 aromatic carbocycles. The van der Waals surface area contributed by atoms with Crippen LogP contribution in [0.2, 0.25) is 0 Å². The average Bonchev–Trinajstić information content (AvgIpc) is 2.58. The molecule has 5 nitrogen and oxygen atoms in total. The molecule has 0 spiro atoms. The van der Waals surface area contributed by atoms with Gasteiger partial charge in [0, 0.05) is 6.54 Å². The Morgan fingerprint density at radius 1 is 1.56 bits per heavy atom. The lowest BCUT2D eigenvalue weighted by atomic mass is 10.2. The van der Waals surface area contributed by atoms with Crippen molar-refractivity contribution in [1.82, 2.24) is 4.90 Å². The molecule has 96 valence electrons. The van der Waals surface area contributed by atoms with Crippen molar-refractivity contribution in [3.05, 3.63) is 35.6 Å². The van der Waals surface area contributed by atoms with Gasteiger partial charge in [-0.2, -0.15) is 0 Å². The van der Waals surface area contributed by atoms with Gasteiger partial charge in [-0.25, -0.2) is 9.18 Å². The van der Waals surface area contributed by atoms with Gasteiger partial charge in [0.1, 0.15) is 11.9 Å². The summed E-state index contributed by atoms with van der Waals surface area (Å²) in [5.74, 6) is -1.39. The highest BCUT2D eigenvalue weighted by atomic mass is 19.1. The minimum Gasteiger partial charge on any atom is -0.481 e. The highest BCUT2D eigenvalue weighted by molar-refractivity contribution is 5.72. The van der Waals surface area contributed by atoms with Crippen molar-refractivity contribution in [2.75, 3.05) is 6.54 Å². The zero-order valence-corrected chi connectivity index (χ0v) is 9.51. The van der Waals surface area contributed by atoms with E-state index in [1.807, 2.05) is 0 Å². The molecule has 1 heterocycles. The molecule has 1 saturated heterocycles. The Balaban J connectivity index is 1.98. The van der Waals surface area contributed by atoms with E-state index in [9.17, 15) is 14.0 Å². The van der Waals surface area contributed by atoms with Gasteiger partial charge in [-0.1, -0.05) is 12.1 Å². The number of nitrogens with zero attached hydrogens (tertiary/aromatic N) is 1. The van der Waals surface area contributed by atoms with Crippen molar-refractivity contribution >= 4 is 12.1 Å². The van der Waals surface area contributed by atoms with Crippen LogP contribution in [0, 0.1) is 5.82 Å². The van der Waals surface area contributed by atoms with Gasteiger partial charge < -0.3 is 14.7 Å². The van der Waals surface area contributed by atoms with Crippen molar-refractivity contribution in [2.24, 2.45) is 0 Å². The van der Waals surface area contributed by atoms with E-state index in [1.165, 1.54) is 17.0 Å². The number of rotatable bonds is 4. The lowest BCUT2D eigenvalue weighted by Crippen LogP contribution is -2.25. The third-order valence-electron chi connectivity index (χ3n) is 2.61. The second-order valence-corrected chi connectivity index (χ2v) is 4.11.